The van der Waals surface area contributed by atoms with Crippen LogP contribution in [-0.4, -0.2) is 37.7 Å². The Morgan fingerprint density at radius 1 is 1.00 bits per heavy atom. The van der Waals surface area contributed by atoms with Crippen molar-refractivity contribution in [2.75, 3.05) is 18.6 Å². The van der Waals surface area contributed by atoms with Crippen molar-refractivity contribution in [2.45, 2.75) is 46.3 Å². The summed E-state index contributed by atoms with van der Waals surface area (Å²) in [6, 6.07) is 29.4. The third-order valence-corrected chi connectivity index (χ3v) is 9.80. The van der Waals surface area contributed by atoms with Gasteiger partial charge >= 0.3 is 27.0 Å². The molecule has 2 heterocycles. The van der Waals surface area contributed by atoms with E-state index < -0.39 is 8.07 Å². The van der Waals surface area contributed by atoms with Crippen molar-refractivity contribution in [3.8, 4) is 11.1 Å². The van der Waals surface area contributed by atoms with Crippen LogP contribution in [0.3, 0.4) is 0 Å². The zero-order valence-electron chi connectivity index (χ0n) is 25.1. The van der Waals surface area contributed by atoms with E-state index in [1.54, 1.807) is 0 Å². The molecule has 42 heavy (non-hydrogen) atoms. The molecular weight excluding hydrogens is 718 g/mol. The maximum absolute atomic E-state index is 12.9. The summed E-state index contributed by atoms with van der Waals surface area (Å²) in [6.07, 6.45) is 3.86. The summed E-state index contributed by atoms with van der Waals surface area (Å²) in [5, 5.41) is 3.41. The Balaban J connectivity index is 0.00000405. The van der Waals surface area contributed by atoms with E-state index in [2.05, 4.69) is 91.9 Å². The van der Waals surface area contributed by atoms with Crippen molar-refractivity contribution < 1.29 is 30.6 Å². The number of esters is 1. The van der Waals surface area contributed by atoms with E-state index in [9.17, 15) is 4.79 Å². The average molecular weight is 755 g/mol. The minimum absolute atomic E-state index is 0. The third kappa shape index (κ3) is 6.82. The number of ether oxygens (including phenoxy) is 1. The van der Waals surface area contributed by atoms with Crippen LogP contribution in [0, 0.1) is 18.1 Å². The molecule has 5 aromatic rings. The zero-order valence-corrected chi connectivity index (χ0v) is 28.4. The predicted octanol–water partition coefficient (Wildman–Crippen LogP) is 7.95. The van der Waals surface area contributed by atoms with Crippen LogP contribution in [0.15, 0.2) is 72.9 Å². The number of carbonyl (C=O) groups excluding carboxylic acids is 1. The number of rotatable bonds is 9. The molecule has 1 atom stereocenters. The van der Waals surface area contributed by atoms with E-state index in [1.807, 2.05) is 36.5 Å². The fraction of sp³-hybridized carbons (Fsp3) is 0.286. The van der Waals surface area contributed by atoms with Crippen LogP contribution in [0.5, 0.6) is 0 Å². The molecule has 7 heteroatoms. The maximum Gasteiger partial charge on any atom is 2.00 e. The molecule has 0 radical (unpaired) electrons. The van der Waals surface area contributed by atoms with Gasteiger partial charge in [-0.05, 0) is 36.1 Å². The zero-order chi connectivity index (χ0) is 29.1. The Labute approximate surface area is 264 Å². The van der Waals surface area contributed by atoms with Crippen molar-refractivity contribution in [3.05, 3.63) is 90.6 Å². The van der Waals surface area contributed by atoms with Gasteiger partial charge in [-0.2, -0.15) is 30.3 Å². The van der Waals surface area contributed by atoms with Gasteiger partial charge in [0, 0.05) is 23.5 Å². The predicted molar refractivity (Wildman–Crippen MR) is 172 cm³/mol. The summed E-state index contributed by atoms with van der Waals surface area (Å²) in [5.74, 6) is 0.944. The fourth-order valence-corrected chi connectivity index (χ4v) is 6.11. The Morgan fingerprint density at radius 2 is 1.74 bits per heavy atom. The van der Waals surface area contributed by atoms with Gasteiger partial charge in [0.1, 0.15) is 5.82 Å². The molecule has 0 spiro atoms. The molecule has 5 nitrogen and oxygen atoms in total. The second-order valence-corrected chi connectivity index (χ2v) is 16.8. The smallest absolute Gasteiger partial charge is 0.467 e. The topological polar surface area (TPSA) is 55.3 Å². The van der Waals surface area contributed by atoms with Crippen LogP contribution in [0.2, 0.25) is 19.6 Å². The normalized spacial score (nSPS) is 12.1. The summed E-state index contributed by atoms with van der Waals surface area (Å²) in [6.45, 7) is 12.2. The first-order valence-corrected chi connectivity index (χ1v) is 17.8. The van der Waals surface area contributed by atoms with E-state index in [-0.39, 0.29) is 27.0 Å². The molecule has 0 saturated heterocycles. The van der Waals surface area contributed by atoms with Crippen LogP contribution in [0.4, 0.5) is 11.5 Å². The number of fused-ring (bicyclic) bond motifs is 3. The summed E-state index contributed by atoms with van der Waals surface area (Å²) in [7, 11) is -0.141. The number of hydrogen-bond acceptors (Lipinski definition) is 5. The monoisotopic (exact) mass is 754 g/mol. The van der Waals surface area contributed by atoms with E-state index in [1.165, 1.54) is 12.3 Å². The minimum Gasteiger partial charge on any atom is -0.467 e. The molecule has 0 aliphatic rings. The van der Waals surface area contributed by atoms with Crippen molar-refractivity contribution in [3.63, 3.8) is 0 Å². The van der Waals surface area contributed by atoms with Crippen LogP contribution >= 0.6 is 0 Å². The number of benzene rings is 3. The van der Waals surface area contributed by atoms with Gasteiger partial charge in [-0.1, -0.05) is 63.8 Å². The Morgan fingerprint density at radius 3 is 2.45 bits per heavy atom. The van der Waals surface area contributed by atoms with Gasteiger partial charge in [0.05, 0.1) is 26.2 Å². The second-order valence-electron chi connectivity index (χ2n) is 11.7. The standard InChI is InChI=1S/C35H37N3O2Si.Pt/c1-7-24(2)17-19-38(32-16-15-26-14-13-25-11-9-18-36-33(25)34(26)37-32)30-21-28(20-29(22-30)35(39)40-3)27-10-8-12-31(23-27)41(4,5)6;/h8-9,11-16,18,20,22-24H,7,17,19H2,1-6H3;/q-2;+2. The van der Waals surface area contributed by atoms with Gasteiger partial charge in [0.15, 0.2) is 0 Å². The quantitative estimate of drug-likeness (QED) is 0.0662. The number of anilines is 2. The number of pyridine rings is 2. The molecule has 0 bridgehead atoms. The molecule has 0 amide bonds. The SMILES string of the molecule is CCC(C)CCN(c1[c-]c(-c2[c-]ccc([Si](C)(C)C)c2)cc(C(=O)OC)c1)c1ccc2ccc3cccnc3c2n1.[Pt+2]. The first kappa shape index (κ1) is 31.6. The number of aromatic nitrogens is 2. The molecule has 2 aromatic heterocycles. The van der Waals surface area contributed by atoms with Gasteiger partial charge in [-0.25, -0.2) is 20.9 Å². The summed E-state index contributed by atoms with van der Waals surface area (Å²) in [5.41, 5.74) is 4.71. The minimum atomic E-state index is -1.56. The number of carbonyl (C=O) groups is 1. The number of methoxy groups -OCH3 is 1. The van der Waals surface area contributed by atoms with Crippen molar-refractivity contribution in [1.29, 1.82) is 0 Å². The third-order valence-electron chi connectivity index (χ3n) is 7.76. The van der Waals surface area contributed by atoms with Crippen LogP contribution in [0.25, 0.3) is 32.9 Å². The second kappa shape index (κ2) is 13.3. The molecule has 1 unspecified atom stereocenters. The molecule has 0 aliphatic carbocycles. The molecule has 0 aliphatic heterocycles. The van der Waals surface area contributed by atoms with Crippen molar-refractivity contribution in [2.24, 2.45) is 5.92 Å². The molecule has 3 aromatic carbocycles. The summed E-state index contributed by atoms with van der Waals surface area (Å²) in [4.78, 5) is 24.9. The van der Waals surface area contributed by atoms with Crippen LogP contribution < -0.4 is 10.1 Å². The Bertz CT molecular complexity index is 1720. The van der Waals surface area contributed by atoms with Crippen LogP contribution in [0.1, 0.15) is 37.0 Å². The van der Waals surface area contributed by atoms with Crippen LogP contribution in [-0.2, 0) is 25.8 Å². The Kier molecular flexibility index (Phi) is 10.0. The average Bonchev–Trinajstić information content (AvgIpc) is 3.00. The van der Waals surface area contributed by atoms with E-state index in [0.717, 1.165) is 63.8 Å². The van der Waals surface area contributed by atoms with Crippen molar-refractivity contribution in [1.82, 2.24) is 9.97 Å². The first-order valence-electron chi connectivity index (χ1n) is 14.3. The summed E-state index contributed by atoms with van der Waals surface area (Å²) < 4.78 is 5.17. The fourth-order valence-electron chi connectivity index (χ4n) is 4.95. The van der Waals surface area contributed by atoms with E-state index in [0.29, 0.717) is 11.5 Å². The van der Waals surface area contributed by atoms with Gasteiger partial charge < -0.3 is 9.64 Å². The molecule has 0 saturated carbocycles. The van der Waals surface area contributed by atoms with E-state index >= 15 is 0 Å². The van der Waals surface area contributed by atoms with Gasteiger partial charge in [-0.15, -0.1) is 17.3 Å². The molecular formula is C35H37N3O2PtSi. The molecule has 218 valence electrons. The van der Waals surface area contributed by atoms with Gasteiger partial charge in [0.2, 0.25) is 0 Å². The summed E-state index contributed by atoms with van der Waals surface area (Å²) >= 11 is 0. The molecule has 5 rings (SSSR count). The Hall–Kier alpha value is -3.34. The largest absolute Gasteiger partial charge is 2.00 e. The van der Waals surface area contributed by atoms with Gasteiger partial charge in [-0.3, -0.25) is 4.98 Å². The maximum atomic E-state index is 12.9. The number of nitrogens with zero attached hydrogens (tertiary/aromatic N) is 3. The first-order chi connectivity index (χ1) is 19.7. The van der Waals surface area contributed by atoms with E-state index in [4.69, 9.17) is 9.72 Å². The molecule has 0 fully saturated rings. The molecule has 0 N–H and O–H groups in total. The number of hydrogen-bond donors (Lipinski definition) is 0. The van der Waals surface area contributed by atoms with Gasteiger partial charge in [0.25, 0.3) is 0 Å². The van der Waals surface area contributed by atoms with Crippen molar-refractivity contribution >= 4 is 52.5 Å².